The Bertz CT molecular complexity index is 821. The first-order valence-electron chi connectivity index (χ1n) is 6.31. The third-order valence-electron chi connectivity index (χ3n) is 3.41. The van der Waals surface area contributed by atoms with Crippen LogP contribution < -0.4 is 0 Å². The molecule has 0 aliphatic carbocycles. The third kappa shape index (κ3) is 3.43. The lowest BCUT2D eigenvalue weighted by atomic mass is 9.89. The molecule has 0 rings (SSSR count). The summed E-state index contributed by atoms with van der Waals surface area (Å²) in [6.07, 6.45) is -7.99. The van der Waals surface area contributed by atoms with Gasteiger partial charge in [-0.1, -0.05) is 0 Å². The van der Waals surface area contributed by atoms with Crippen molar-refractivity contribution in [3.05, 3.63) is 0 Å². The SMILES string of the molecule is O=S(=O)(O)C(F)(F)C(F)(F)C(F)(F)C(F)(F)C(F)(F)C(F)(F)C(F)(F)C(F)(F)C(F)(F)F. The Labute approximate surface area is 160 Å². The number of rotatable bonds is 8. The molecule has 0 spiro atoms. The first kappa shape index (κ1) is 30.6. The van der Waals surface area contributed by atoms with Crippen molar-refractivity contribution in [2.75, 3.05) is 0 Å². The summed E-state index contributed by atoms with van der Waals surface area (Å²) in [5.41, 5.74) is 0. The van der Waals surface area contributed by atoms with Crippen LogP contribution >= 0.6 is 0 Å². The quantitative estimate of drug-likeness (QED) is 0.322. The molecule has 194 valence electrons. The normalized spacial score (nSPS) is 17.0. The average molecular weight is 550 g/mol. The smallest absolute Gasteiger partial charge is 0.281 e. The molecule has 0 unspecified atom stereocenters. The molecule has 0 aromatic carbocycles. The van der Waals surface area contributed by atoms with E-state index in [4.69, 9.17) is 4.55 Å². The lowest BCUT2D eigenvalue weighted by molar-refractivity contribution is -0.466. The molecule has 23 heteroatoms. The minimum absolute atomic E-state index is 7.68. The molecule has 0 heterocycles. The summed E-state index contributed by atoms with van der Waals surface area (Å²) in [6.45, 7) is 0. The number of hydrogen-bond donors (Lipinski definition) is 1. The molecule has 0 saturated carbocycles. The molecule has 0 fully saturated rings. The maximum absolute atomic E-state index is 13.2. The Morgan fingerprint density at radius 1 is 0.375 bits per heavy atom. The molecule has 0 radical (unpaired) electrons. The molecular weight excluding hydrogens is 549 g/mol. The van der Waals surface area contributed by atoms with Gasteiger partial charge in [0.1, 0.15) is 0 Å². The summed E-state index contributed by atoms with van der Waals surface area (Å²) in [7, 11) is -8.00. The molecule has 0 aliphatic heterocycles. The lowest BCUT2D eigenvalue weighted by Crippen LogP contribution is -2.76. The van der Waals surface area contributed by atoms with Crippen molar-refractivity contribution >= 4 is 10.1 Å². The van der Waals surface area contributed by atoms with Gasteiger partial charge in [0, 0.05) is 0 Å². The van der Waals surface area contributed by atoms with E-state index in [1.54, 1.807) is 0 Å². The number of halogens is 19. The van der Waals surface area contributed by atoms with E-state index in [0.29, 0.717) is 0 Å². The van der Waals surface area contributed by atoms with Crippen LogP contribution in [0.15, 0.2) is 0 Å². The highest BCUT2D eigenvalue weighted by atomic mass is 32.2. The monoisotopic (exact) mass is 550 g/mol. The average Bonchev–Trinajstić information content (AvgIpc) is 2.51. The summed E-state index contributed by atoms with van der Waals surface area (Å²) >= 11 is 0. The second-order valence-corrected chi connectivity index (χ2v) is 6.97. The Morgan fingerprint density at radius 3 is 0.750 bits per heavy atom. The van der Waals surface area contributed by atoms with Crippen LogP contribution in [0, 0.1) is 0 Å². The summed E-state index contributed by atoms with van der Waals surface area (Å²) < 4.78 is 270. The van der Waals surface area contributed by atoms with E-state index >= 15 is 0 Å². The van der Waals surface area contributed by atoms with E-state index < -0.39 is 63.0 Å². The topological polar surface area (TPSA) is 54.4 Å². The summed E-state index contributed by atoms with van der Waals surface area (Å²) in [5, 5.41) is -7.96. The van der Waals surface area contributed by atoms with E-state index in [0.717, 1.165) is 0 Å². The first-order valence-corrected chi connectivity index (χ1v) is 7.75. The van der Waals surface area contributed by atoms with Crippen molar-refractivity contribution in [3.8, 4) is 0 Å². The van der Waals surface area contributed by atoms with Crippen molar-refractivity contribution in [1.82, 2.24) is 0 Å². The highest BCUT2D eigenvalue weighted by Crippen LogP contribution is 2.65. The van der Waals surface area contributed by atoms with Gasteiger partial charge in [0.15, 0.2) is 0 Å². The molecule has 32 heavy (non-hydrogen) atoms. The predicted octanol–water partition coefficient (Wildman–Crippen LogP) is 5.48. The van der Waals surface area contributed by atoms with Gasteiger partial charge in [0.25, 0.3) is 0 Å². The summed E-state index contributed by atoms with van der Waals surface area (Å²) in [4.78, 5) is 0. The van der Waals surface area contributed by atoms with Gasteiger partial charge >= 0.3 is 63.0 Å². The molecular formula is C9HF19O3S. The summed E-state index contributed by atoms with van der Waals surface area (Å²) in [6, 6.07) is 0. The van der Waals surface area contributed by atoms with E-state index in [2.05, 4.69) is 0 Å². The van der Waals surface area contributed by atoms with E-state index in [9.17, 15) is 91.8 Å². The summed E-state index contributed by atoms with van der Waals surface area (Å²) in [5.74, 6) is -62.2. The zero-order chi connectivity index (χ0) is 27.0. The Morgan fingerprint density at radius 2 is 0.562 bits per heavy atom. The largest absolute Gasteiger partial charge is 0.460 e. The molecule has 0 aromatic rings. The molecule has 0 atom stereocenters. The van der Waals surface area contributed by atoms with Crippen LogP contribution in [0.5, 0.6) is 0 Å². The van der Waals surface area contributed by atoms with Crippen LogP contribution in [0.1, 0.15) is 0 Å². The van der Waals surface area contributed by atoms with E-state index in [-0.39, 0.29) is 0 Å². The number of alkyl halides is 19. The fourth-order valence-electron chi connectivity index (χ4n) is 1.51. The molecule has 0 aliphatic rings. The Hall–Kier alpha value is -1.42. The highest BCUT2D eigenvalue weighted by molar-refractivity contribution is 7.87. The zero-order valence-corrected chi connectivity index (χ0v) is 14.2. The van der Waals surface area contributed by atoms with Gasteiger partial charge in [0.05, 0.1) is 0 Å². The second-order valence-electron chi connectivity index (χ2n) is 5.51. The van der Waals surface area contributed by atoms with Gasteiger partial charge in [-0.15, -0.1) is 0 Å². The van der Waals surface area contributed by atoms with Crippen LogP contribution in [0.4, 0.5) is 83.4 Å². The van der Waals surface area contributed by atoms with Crippen molar-refractivity contribution in [3.63, 3.8) is 0 Å². The van der Waals surface area contributed by atoms with Gasteiger partial charge < -0.3 is 0 Å². The predicted molar refractivity (Wildman–Crippen MR) is 57.2 cm³/mol. The van der Waals surface area contributed by atoms with E-state index in [1.807, 2.05) is 0 Å². The molecule has 0 amide bonds. The van der Waals surface area contributed by atoms with Crippen LogP contribution in [0.3, 0.4) is 0 Å². The fourth-order valence-corrected chi connectivity index (χ4v) is 1.96. The lowest BCUT2D eigenvalue weighted by Gasteiger charge is -2.43. The Kier molecular flexibility index (Phi) is 6.73. The molecule has 0 saturated heterocycles. The van der Waals surface area contributed by atoms with Gasteiger partial charge in [-0.3, -0.25) is 4.55 Å². The van der Waals surface area contributed by atoms with Gasteiger partial charge in [-0.05, 0) is 0 Å². The van der Waals surface area contributed by atoms with Crippen molar-refractivity contribution in [1.29, 1.82) is 0 Å². The van der Waals surface area contributed by atoms with Crippen LogP contribution in [-0.4, -0.2) is 65.9 Å². The first-order chi connectivity index (χ1) is 13.2. The minimum Gasteiger partial charge on any atom is -0.281 e. The van der Waals surface area contributed by atoms with E-state index in [1.165, 1.54) is 0 Å². The van der Waals surface area contributed by atoms with Crippen LogP contribution in [-0.2, 0) is 10.1 Å². The van der Waals surface area contributed by atoms with Crippen molar-refractivity contribution in [2.24, 2.45) is 0 Å². The molecule has 3 nitrogen and oxygen atoms in total. The maximum atomic E-state index is 13.2. The van der Waals surface area contributed by atoms with Crippen molar-refractivity contribution in [2.45, 2.75) is 52.9 Å². The molecule has 0 bridgehead atoms. The van der Waals surface area contributed by atoms with Gasteiger partial charge in [-0.2, -0.15) is 91.8 Å². The highest BCUT2D eigenvalue weighted by Gasteiger charge is 2.97. The zero-order valence-electron chi connectivity index (χ0n) is 13.4. The van der Waals surface area contributed by atoms with Gasteiger partial charge in [0.2, 0.25) is 0 Å². The molecule has 1 N–H and O–H groups in total. The number of hydrogen-bond acceptors (Lipinski definition) is 2. The maximum Gasteiger partial charge on any atom is 0.460 e. The van der Waals surface area contributed by atoms with Crippen LogP contribution in [0.2, 0.25) is 0 Å². The fraction of sp³-hybridized carbons (Fsp3) is 1.00. The van der Waals surface area contributed by atoms with Crippen LogP contribution in [0.25, 0.3) is 0 Å². The third-order valence-corrected chi connectivity index (χ3v) is 4.32. The van der Waals surface area contributed by atoms with Crippen molar-refractivity contribution < 1.29 is 96.4 Å². The minimum atomic E-state index is -9.15. The Balaban J connectivity index is 7.06. The standard InChI is InChI=1S/C9HF19O3S/c10-1(11,2(12,13)4(16,17)6(20,21)8(24,25)26)3(14,15)5(18,19)7(22,23)9(27,28)32(29,30)31/h(H,29,30,31). The van der Waals surface area contributed by atoms with Gasteiger partial charge in [-0.25, -0.2) is 0 Å². The molecule has 0 aromatic heterocycles. The second kappa shape index (κ2) is 7.04.